The van der Waals surface area contributed by atoms with E-state index in [0.717, 1.165) is 21.0 Å². The van der Waals surface area contributed by atoms with Crippen LogP contribution in [0.2, 0.25) is 0 Å². The van der Waals surface area contributed by atoms with Gasteiger partial charge in [-0.3, -0.25) is 4.79 Å². The number of nitrogens with zero attached hydrogens (tertiary/aromatic N) is 2. The first-order valence-electron chi connectivity index (χ1n) is 9.94. The summed E-state index contributed by atoms with van der Waals surface area (Å²) in [6.45, 7) is 3.34. The van der Waals surface area contributed by atoms with E-state index >= 15 is 0 Å². The number of benzene rings is 3. The fourth-order valence-electron chi connectivity index (χ4n) is 3.05. The number of hydrazone groups is 1. The van der Waals surface area contributed by atoms with Gasteiger partial charge in [0, 0.05) is 12.1 Å². The monoisotopic (exact) mass is 453 g/mol. The average Bonchev–Trinajstić information content (AvgIpc) is 2.75. The predicted octanol–water partition coefficient (Wildman–Crippen LogP) is 3.78. The maximum absolute atomic E-state index is 13.7. The Morgan fingerprint density at radius 3 is 2.41 bits per heavy atom. The number of sulfonamides is 1. The van der Waals surface area contributed by atoms with Crippen LogP contribution in [0.25, 0.3) is 0 Å². The highest BCUT2D eigenvalue weighted by Crippen LogP contribution is 2.19. The molecule has 3 aromatic carbocycles. The summed E-state index contributed by atoms with van der Waals surface area (Å²) in [4.78, 5) is 12.6. The van der Waals surface area contributed by atoms with Crippen LogP contribution in [-0.4, -0.2) is 31.4 Å². The summed E-state index contributed by atoms with van der Waals surface area (Å²) in [6, 6.07) is 19.8. The Hall–Kier alpha value is -3.36. The molecule has 0 saturated heterocycles. The predicted molar refractivity (Wildman–Crippen MR) is 122 cm³/mol. The number of rotatable bonds is 8. The molecule has 8 heteroatoms. The second-order valence-electron chi connectivity index (χ2n) is 7.39. The van der Waals surface area contributed by atoms with Crippen LogP contribution < -0.4 is 5.43 Å². The van der Waals surface area contributed by atoms with Crippen molar-refractivity contribution in [2.45, 2.75) is 25.3 Å². The van der Waals surface area contributed by atoms with E-state index in [1.165, 1.54) is 30.5 Å². The highest BCUT2D eigenvalue weighted by Gasteiger charge is 2.27. The second-order valence-corrected chi connectivity index (χ2v) is 9.33. The quantitative estimate of drug-likeness (QED) is 0.416. The molecule has 3 aromatic rings. The summed E-state index contributed by atoms with van der Waals surface area (Å²) in [7, 11) is -3.95. The van der Waals surface area contributed by atoms with E-state index < -0.39 is 28.3 Å². The van der Waals surface area contributed by atoms with Crippen molar-refractivity contribution < 1.29 is 17.6 Å². The Bertz CT molecular complexity index is 1230. The molecule has 3 rings (SSSR count). The summed E-state index contributed by atoms with van der Waals surface area (Å²) in [5, 5.41) is 3.76. The molecule has 166 valence electrons. The summed E-state index contributed by atoms with van der Waals surface area (Å²) in [5.41, 5.74) is 5.14. The van der Waals surface area contributed by atoms with Crippen molar-refractivity contribution in [3.63, 3.8) is 0 Å². The second kappa shape index (κ2) is 10.3. The lowest BCUT2D eigenvalue weighted by Crippen LogP contribution is -2.39. The zero-order chi connectivity index (χ0) is 23.1. The third-order valence-corrected chi connectivity index (χ3v) is 6.52. The number of aryl methyl sites for hydroxylation is 2. The highest BCUT2D eigenvalue weighted by molar-refractivity contribution is 7.89. The number of nitrogens with one attached hydrogen (secondary N) is 1. The minimum atomic E-state index is -3.95. The van der Waals surface area contributed by atoms with Crippen molar-refractivity contribution in [2.24, 2.45) is 5.10 Å². The third-order valence-electron chi connectivity index (χ3n) is 4.72. The first-order chi connectivity index (χ1) is 15.3. The Labute approximate surface area is 187 Å². The lowest BCUT2D eigenvalue weighted by molar-refractivity contribution is -0.121. The summed E-state index contributed by atoms with van der Waals surface area (Å²) in [5.74, 6) is -1.12. The Morgan fingerprint density at radius 1 is 1.00 bits per heavy atom. The molecule has 0 aliphatic carbocycles. The smallest absolute Gasteiger partial charge is 0.255 e. The van der Waals surface area contributed by atoms with Gasteiger partial charge in [-0.25, -0.2) is 18.2 Å². The van der Waals surface area contributed by atoms with E-state index in [4.69, 9.17) is 0 Å². The van der Waals surface area contributed by atoms with Gasteiger partial charge in [0.05, 0.1) is 17.7 Å². The van der Waals surface area contributed by atoms with Crippen LogP contribution in [0, 0.1) is 19.7 Å². The normalized spacial score (nSPS) is 11.8. The zero-order valence-electron chi connectivity index (χ0n) is 17.8. The number of carbonyl (C=O) groups is 1. The number of carbonyl (C=O) groups excluding carboxylic acids is 1. The van der Waals surface area contributed by atoms with Gasteiger partial charge >= 0.3 is 0 Å². The number of hydrogen-bond acceptors (Lipinski definition) is 4. The van der Waals surface area contributed by atoms with E-state index in [-0.39, 0.29) is 17.0 Å². The minimum absolute atomic E-state index is 0.0162. The van der Waals surface area contributed by atoms with Crippen LogP contribution >= 0.6 is 0 Å². The molecule has 32 heavy (non-hydrogen) atoms. The molecule has 0 spiro atoms. The Balaban J connectivity index is 1.81. The number of amides is 1. The molecule has 1 N–H and O–H groups in total. The van der Waals surface area contributed by atoms with Crippen molar-refractivity contribution in [1.82, 2.24) is 9.73 Å². The van der Waals surface area contributed by atoms with Crippen molar-refractivity contribution in [2.75, 3.05) is 6.54 Å². The van der Waals surface area contributed by atoms with E-state index in [2.05, 4.69) is 10.5 Å². The zero-order valence-corrected chi connectivity index (χ0v) is 18.6. The topological polar surface area (TPSA) is 78.8 Å². The molecule has 0 radical (unpaired) electrons. The highest BCUT2D eigenvalue weighted by atomic mass is 32.2. The van der Waals surface area contributed by atoms with Crippen LogP contribution in [0.4, 0.5) is 4.39 Å². The molecule has 0 fully saturated rings. The Morgan fingerprint density at radius 2 is 1.72 bits per heavy atom. The first kappa shape index (κ1) is 23.3. The van der Waals surface area contributed by atoms with Crippen LogP contribution in [-0.2, 0) is 21.4 Å². The van der Waals surface area contributed by atoms with E-state index in [1.54, 1.807) is 30.3 Å². The summed E-state index contributed by atoms with van der Waals surface area (Å²) in [6.07, 6.45) is 1.17. The number of halogens is 1. The molecule has 0 aliphatic rings. The number of hydrogen-bond donors (Lipinski definition) is 1. The molecule has 0 unspecified atom stereocenters. The van der Waals surface area contributed by atoms with Crippen molar-refractivity contribution in [3.05, 3.63) is 101 Å². The SMILES string of the molecule is Cc1ccc(S(=O)(=O)N(CC(=O)N/N=C\c2ccccc2F)Cc2cccc(C)c2)cc1. The van der Waals surface area contributed by atoms with Crippen molar-refractivity contribution >= 4 is 22.1 Å². The van der Waals surface area contributed by atoms with E-state index in [9.17, 15) is 17.6 Å². The molecular weight excluding hydrogens is 429 g/mol. The molecular formula is C24H24FN3O3S. The molecule has 0 aliphatic heterocycles. The van der Waals surface area contributed by atoms with Crippen molar-refractivity contribution in [3.8, 4) is 0 Å². The van der Waals surface area contributed by atoms with Crippen LogP contribution in [0.15, 0.2) is 82.8 Å². The molecule has 0 saturated carbocycles. The van der Waals surface area contributed by atoms with Gasteiger partial charge < -0.3 is 0 Å². The van der Waals surface area contributed by atoms with Crippen LogP contribution in [0.1, 0.15) is 22.3 Å². The largest absolute Gasteiger partial charge is 0.272 e. The van der Waals surface area contributed by atoms with Gasteiger partial charge in [-0.1, -0.05) is 65.7 Å². The molecule has 0 atom stereocenters. The molecule has 0 bridgehead atoms. The van der Waals surface area contributed by atoms with Crippen LogP contribution in [0.5, 0.6) is 0 Å². The molecule has 0 aromatic heterocycles. The van der Waals surface area contributed by atoms with E-state index in [1.807, 2.05) is 32.0 Å². The van der Waals surface area contributed by atoms with Crippen LogP contribution in [0.3, 0.4) is 0 Å². The van der Waals surface area contributed by atoms with Gasteiger partial charge in [0.15, 0.2) is 0 Å². The fourth-order valence-corrected chi connectivity index (χ4v) is 4.43. The van der Waals surface area contributed by atoms with Gasteiger partial charge in [-0.05, 0) is 37.6 Å². The summed E-state index contributed by atoms with van der Waals surface area (Å²) < 4.78 is 41.3. The molecule has 6 nitrogen and oxygen atoms in total. The average molecular weight is 454 g/mol. The maximum atomic E-state index is 13.7. The van der Waals surface area contributed by atoms with Gasteiger partial charge in [-0.15, -0.1) is 0 Å². The minimum Gasteiger partial charge on any atom is -0.272 e. The first-order valence-corrected chi connectivity index (χ1v) is 11.4. The van der Waals surface area contributed by atoms with Gasteiger partial charge in [0.1, 0.15) is 5.82 Å². The van der Waals surface area contributed by atoms with Crippen molar-refractivity contribution in [1.29, 1.82) is 0 Å². The van der Waals surface area contributed by atoms with E-state index in [0.29, 0.717) is 0 Å². The van der Waals surface area contributed by atoms with Gasteiger partial charge in [0.25, 0.3) is 5.91 Å². The van der Waals surface area contributed by atoms with Gasteiger partial charge in [0.2, 0.25) is 10.0 Å². The fraction of sp³-hybridized carbons (Fsp3) is 0.167. The standard InChI is InChI=1S/C24H24FN3O3S/c1-18-10-12-22(13-11-18)32(30,31)28(16-20-7-5-6-19(2)14-20)17-24(29)27-26-15-21-8-3-4-9-23(21)25/h3-15H,16-17H2,1-2H3,(H,27,29)/b26-15-. The molecule has 1 amide bonds. The Kier molecular flexibility index (Phi) is 7.50. The summed E-state index contributed by atoms with van der Waals surface area (Å²) >= 11 is 0. The lowest BCUT2D eigenvalue weighted by atomic mass is 10.1. The van der Waals surface area contributed by atoms with Gasteiger partial charge in [-0.2, -0.15) is 9.41 Å². The lowest BCUT2D eigenvalue weighted by Gasteiger charge is -2.22. The molecule has 0 heterocycles. The third kappa shape index (κ3) is 6.09. The maximum Gasteiger partial charge on any atom is 0.255 e.